The number of aromatic nitrogens is 2. The molecule has 1 atom stereocenters. The first-order valence-corrected chi connectivity index (χ1v) is 7.46. The molecule has 3 nitrogen and oxygen atoms in total. The Morgan fingerprint density at radius 1 is 1.14 bits per heavy atom. The minimum absolute atomic E-state index is 0.176. The average molecular weight is 279 g/mol. The number of nitrogens with zero attached hydrogens (tertiary/aromatic N) is 2. The normalized spacial score (nSPS) is 12.7. The van der Waals surface area contributed by atoms with Gasteiger partial charge in [-0.25, -0.2) is 0 Å². The van der Waals surface area contributed by atoms with Crippen LogP contribution in [-0.4, -0.2) is 15.6 Å². The number of rotatable bonds is 5. The Hall–Kier alpha value is -2.13. The third kappa shape index (κ3) is 3.14. The van der Waals surface area contributed by atoms with Gasteiger partial charge in [-0.1, -0.05) is 24.3 Å². The van der Waals surface area contributed by atoms with E-state index in [0.29, 0.717) is 0 Å². The van der Waals surface area contributed by atoms with Crippen molar-refractivity contribution in [2.75, 3.05) is 0 Å². The maximum atomic E-state index is 5.98. The Bertz CT molecular complexity index is 714. The summed E-state index contributed by atoms with van der Waals surface area (Å²) >= 11 is 0. The molecule has 1 unspecified atom stereocenters. The molecule has 3 heteroatoms. The van der Waals surface area contributed by atoms with Crippen LogP contribution in [0.4, 0.5) is 0 Å². The summed E-state index contributed by atoms with van der Waals surface area (Å²) in [4.78, 5) is 4.40. The predicted octanol–water partition coefficient (Wildman–Crippen LogP) is 3.17. The number of hydrogen-bond donors (Lipinski definition) is 1. The van der Waals surface area contributed by atoms with Crippen molar-refractivity contribution in [3.05, 3.63) is 66.1 Å². The fraction of sp³-hybridized carbons (Fsp3) is 0.278. The number of nitrogens with two attached hydrogens (primary N) is 1. The number of pyridine rings is 1. The molecule has 0 radical (unpaired) electrons. The van der Waals surface area contributed by atoms with Crippen molar-refractivity contribution in [3.63, 3.8) is 0 Å². The molecule has 2 N–H and O–H groups in total. The van der Waals surface area contributed by atoms with Crippen LogP contribution in [-0.2, 0) is 19.4 Å². The second-order valence-corrected chi connectivity index (χ2v) is 5.62. The predicted molar refractivity (Wildman–Crippen MR) is 87.2 cm³/mol. The Labute approximate surface area is 125 Å². The molecule has 3 aromatic rings. The quantitative estimate of drug-likeness (QED) is 0.779. The van der Waals surface area contributed by atoms with E-state index in [1.807, 2.05) is 18.3 Å². The highest BCUT2D eigenvalue weighted by Gasteiger charge is 2.08. The van der Waals surface area contributed by atoms with Gasteiger partial charge in [-0.05, 0) is 42.5 Å². The molecular weight excluding hydrogens is 258 g/mol. The fourth-order valence-electron chi connectivity index (χ4n) is 2.82. The van der Waals surface area contributed by atoms with Crippen LogP contribution >= 0.6 is 0 Å². The molecule has 0 saturated heterocycles. The molecule has 0 bridgehead atoms. The Kier molecular flexibility index (Phi) is 4.02. The minimum atomic E-state index is 0.176. The lowest BCUT2D eigenvalue weighted by Gasteiger charge is -2.11. The number of para-hydroxylation sites is 1. The zero-order valence-corrected chi connectivity index (χ0v) is 12.4. The smallest absolute Gasteiger partial charge is 0.0513 e. The molecule has 3 rings (SSSR count). The van der Waals surface area contributed by atoms with Crippen molar-refractivity contribution in [2.45, 2.75) is 32.4 Å². The van der Waals surface area contributed by atoms with Crippen molar-refractivity contribution < 1.29 is 0 Å². The highest BCUT2D eigenvalue weighted by Crippen LogP contribution is 2.22. The summed E-state index contributed by atoms with van der Waals surface area (Å²) in [7, 11) is 0. The van der Waals surface area contributed by atoms with Crippen molar-refractivity contribution >= 4 is 10.9 Å². The van der Waals surface area contributed by atoms with Gasteiger partial charge in [0.25, 0.3) is 0 Å². The third-order valence-corrected chi connectivity index (χ3v) is 3.75. The molecule has 0 saturated carbocycles. The molecular formula is C18H21N3. The van der Waals surface area contributed by atoms with Gasteiger partial charge in [-0.3, -0.25) is 4.98 Å². The Morgan fingerprint density at radius 3 is 2.81 bits per heavy atom. The van der Waals surface area contributed by atoms with E-state index in [2.05, 4.69) is 53.0 Å². The summed E-state index contributed by atoms with van der Waals surface area (Å²) in [5, 5.41) is 1.29. The molecule has 2 aromatic heterocycles. The number of fused-ring (bicyclic) bond motifs is 1. The van der Waals surface area contributed by atoms with E-state index in [9.17, 15) is 0 Å². The molecule has 0 aliphatic carbocycles. The van der Waals surface area contributed by atoms with E-state index in [0.717, 1.165) is 25.1 Å². The van der Waals surface area contributed by atoms with Crippen molar-refractivity contribution in [1.82, 2.24) is 9.55 Å². The topological polar surface area (TPSA) is 43.8 Å². The van der Waals surface area contributed by atoms with E-state index in [4.69, 9.17) is 5.73 Å². The average Bonchev–Trinajstić information content (AvgIpc) is 2.90. The number of hydrogen-bond acceptors (Lipinski definition) is 2. The third-order valence-electron chi connectivity index (χ3n) is 3.75. The molecule has 0 spiro atoms. The first-order chi connectivity index (χ1) is 10.2. The van der Waals surface area contributed by atoms with E-state index in [1.54, 1.807) is 0 Å². The lowest BCUT2D eigenvalue weighted by Crippen LogP contribution is -2.18. The monoisotopic (exact) mass is 279 g/mol. The Balaban J connectivity index is 1.88. The van der Waals surface area contributed by atoms with E-state index in [1.165, 1.54) is 16.5 Å². The van der Waals surface area contributed by atoms with Crippen LogP contribution in [0.5, 0.6) is 0 Å². The van der Waals surface area contributed by atoms with Gasteiger partial charge in [0.1, 0.15) is 0 Å². The van der Waals surface area contributed by atoms with Crippen LogP contribution in [0.15, 0.2) is 54.9 Å². The molecule has 1 aromatic carbocycles. The summed E-state index contributed by atoms with van der Waals surface area (Å²) in [6.07, 6.45) is 5.87. The van der Waals surface area contributed by atoms with Gasteiger partial charge in [0.2, 0.25) is 0 Å². The second-order valence-electron chi connectivity index (χ2n) is 5.62. The maximum Gasteiger partial charge on any atom is 0.0513 e. The van der Waals surface area contributed by atoms with E-state index >= 15 is 0 Å². The highest BCUT2D eigenvalue weighted by molar-refractivity contribution is 5.83. The summed E-state index contributed by atoms with van der Waals surface area (Å²) in [6.45, 7) is 3.00. The van der Waals surface area contributed by atoms with Crippen molar-refractivity contribution in [3.8, 4) is 0 Å². The van der Waals surface area contributed by atoms with E-state index < -0.39 is 0 Å². The van der Waals surface area contributed by atoms with Crippen LogP contribution in [0.25, 0.3) is 10.9 Å². The second kappa shape index (κ2) is 6.10. The molecule has 0 fully saturated rings. The van der Waals surface area contributed by atoms with Crippen LogP contribution in [0.1, 0.15) is 18.2 Å². The first kappa shape index (κ1) is 13.8. The summed E-state index contributed by atoms with van der Waals surface area (Å²) in [5.74, 6) is 0. The zero-order chi connectivity index (χ0) is 14.7. The highest BCUT2D eigenvalue weighted by atomic mass is 15.0. The van der Waals surface area contributed by atoms with Gasteiger partial charge in [0.05, 0.1) is 5.52 Å². The number of benzene rings is 1. The molecule has 108 valence electrons. The first-order valence-electron chi connectivity index (χ1n) is 7.46. The zero-order valence-electron chi connectivity index (χ0n) is 12.4. The van der Waals surface area contributed by atoms with Crippen LogP contribution < -0.4 is 5.73 Å². The lowest BCUT2D eigenvalue weighted by atomic mass is 10.0. The van der Waals surface area contributed by atoms with E-state index in [-0.39, 0.29) is 6.04 Å². The molecule has 0 aliphatic heterocycles. The summed E-state index contributed by atoms with van der Waals surface area (Å²) in [5.41, 5.74) is 9.75. The molecule has 0 aliphatic rings. The Morgan fingerprint density at radius 2 is 2.05 bits per heavy atom. The van der Waals surface area contributed by atoms with Gasteiger partial charge in [-0.2, -0.15) is 0 Å². The fourth-order valence-corrected chi connectivity index (χ4v) is 2.82. The largest absolute Gasteiger partial charge is 0.347 e. The van der Waals surface area contributed by atoms with Crippen molar-refractivity contribution in [2.24, 2.45) is 5.73 Å². The molecule has 0 amide bonds. The van der Waals surface area contributed by atoms with Crippen molar-refractivity contribution in [1.29, 1.82) is 0 Å². The van der Waals surface area contributed by atoms with Gasteiger partial charge < -0.3 is 10.3 Å². The van der Waals surface area contributed by atoms with Gasteiger partial charge >= 0.3 is 0 Å². The van der Waals surface area contributed by atoms with Crippen LogP contribution in [0, 0.1) is 0 Å². The minimum Gasteiger partial charge on any atom is -0.347 e. The maximum absolute atomic E-state index is 5.98. The summed E-state index contributed by atoms with van der Waals surface area (Å²) in [6, 6.07) is 14.9. The van der Waals surface area contributed by atoms with Crippen LogP contribution in [0.3, 0.4) is 0 Å². The standard InChI is InChI=1S/C18H21N3/c1-14(19)13-16-6-4-5-15-8-11-21(18(15)16)12-9-17-7-2-3-10-20-17/h2-8,10-11,14H,9,12-13,19H2,1H3. The summed E-state index contributed by atoms with van der Waals surface area (Å²) < 4.78 is 2.32. The lowest BCUT2D eigenvalue weighted by molar-refractivity contribution is 0.698. The molecule has 21 heavy (non-hydrogen) atoms. The molecule has 2 heterocycles. The van der Waals surface area contributed by atoms with Crippen LogP contribution in [0.2, 0.25) is 0 Å². The SMILES string of the molecule is CC(N)Cc1cccc2ccn(CCc3ccccn3)c12. The van der Waals surface area contributed by atoms with Gasteiger partial charge in [0.15, 0.2) is 0 Å². The van der Waals surface area contributed by atoms with Gasteiger partial charge in [-0.15, -0.1) is 0 Å². The van der Waals surface area contributed by atoms with Gasteiger partial charge in [0, 0.05) is 37.1 Å². The number of aryl methyl sites for hydroxylation is 2.